The van der Waals surface area contributed by atoms with Gasteiger partial charge in [0.25, 0.3) is 5.91 Å². The first kappa shape index (κ1) is 23.9. The molecular formula is C25H31N3O3S2. The molecule has 2 aromatic carbocycles. The summed E-state index contributed by atoms with van der Waals surface area (Å²) in [6.07, 6.45) is 1.04. The molecule has 1 aromatic heterocycles. The monoisotopic (exact) mass is 485 g/mol. The van der Waals surface area contributed by atoms with E-state index in [1.807, 2.05) is 6.92 Å². The minimum Gasteiger partial charge on any atom is -0.316 e. The second-order valence-corrected chi connectivity index (χ2v) is 12.1. The van der Waals surface area contributed by atoms with E-state index in [1.165, 1.54) is 34.6 Å². The van der Waals surface area contributed by atoms with Crippen molar-refractivity contribution in [2.45, 2.75) is 52.5 Å². The second kappa shape index (κ2) is 9.16. The van der Waals surface area contributed by atoms with E-state index in [-0.39, 0.29) is 10.8 Å². The Balaban J connectivity index is 1.65. The van der Waals surface area contributed by atoms with Gasteiger partial charge in [-0.2, -0.15) is 9.30 Å². The van der Waals surface area contributed by atoms with Gasteiger partial charge in [-0.15, -0.1) is 0 Å². The number of fused-ring (bicyclic) bond motifs is 1. The van der Waals surface area contributed by atoms with Gasteiger partial charge < -0.3 is 4.57 Å². The number of carbonyl (C=O) groups excluding carboxylic acids is 1. The highest BCUT2D eigenvalue weighted by Crippen LogP contribution is 2.27. The van der Waals surface area contributed by atoms with Gasteiger partial charge in [0.05, 0.1) is 15.1 Å². The molecule has 2 heterocycles. The summed E-state index contributed by atoms with van der Waals surface area (Å²) < 4.78 is 30.9. The Morgan fingerprint density at radius 1 is 1.06 bits per heavy atom. The Kier molecular flexibility index (Phi) is 6.62. The molecular weight excluding hydrogens is 454 g/mol. The summed E-state index contributed by atoms with van der Waals surface area (Å²) in [6, 6.07) is 10.3. The number of hydrogen-bond donors (Lipinski definition) is 0. The van der Waals surface area contributed by atoms with Crippen LogP contribution in [0.3, 0.4) is 0 Å². The van der Waals surface area contributed by atoms with Crippen LogP contribution in [0.5, 0.6) is 0 Å². The van der Waals surface area contributed by atoms with Gasteiger partial charge in [-0.1, -0.05) is 31.3 Å². The van der Waals surface area contributed by atoms with Crippen LogP contribution in [0.1, 0.15) is 48.7 Å². The van der Waals surface area contributed by atoms with Crippen molar-refractivity contribution in [2.24, 2.45) is 16.8 Å². The first-order valence-corrected chi connectivity index (χ1v) is 13.7. The van der Waals surface area contributed by atoms with Gasteiger partial charge in [0.15, 0.2) is 4.80 Å². The first-order valence-electron chi connectivity index (χ1n) is 11.4. The average Bonchev–Trinajstić information content (AvgIpc) is 3.13. The highest BCUT2D eigenvalue weighted by atomic mass is 32.2. The molecule has 1 saturated heterocycles. The van der Waals surface area contributed by atoms with Crippen molar-refractivity contribution in [1.82, 2.24) is 8.87 Å². The van der Waals surface area contributed by atoms with Gasteiger partial charge in [0.2, 0.25) is 10.0 Å². The van der Waals surface area contributed by atoms with Crippen LogP contribution in [0.2, 0.25) is 0 Å². The van der Waals surface area contributed by atoms with Gasteiger partial charge in [-0.25, -0.2) is 8.42 Å². The number of aromatic nitrogens is 1. The molecule has 2 unspecified atom stereocenters. The average molecular weight is 486 g/mol. The molecule has 0 spiro atoms. The van der Waals surface area contributed by atoms with E-state index in [9.17, 15) is 13.2 Å². The largest absolute Gasteiger partial charge is 0.316 e. The smallest absolute Gasteiger partial charge is 0.279 e. The van der Waals surface area contributed by atoms with Gasteiger partial charge in [0, 0.05) is 25.2 Å². The summed E-state index contributed by atoms with van der Waals surface area (Å²) in [5, 5.41) is 0. The summed E-state index contributed by atoms with van der Waals surface area (Å²) in [5.41, 5.74) is 3.88. The van der Waals surface area contributed by atoms with Crippen LogP contribution in [0.25, 0.3) is 10.2 Å². The van der Waals surface area contributed by atoms with Crippen molar-refractivity contribution < 1.29 is 13.2 Å². The van der Waals surface area contributed by atoms with E-state index in [0.29, 0.717) is 41.8 Å². The lowest BCUT2D eigenvalue weighted by atomic mass is 9.94. The maximum Gasteiger partial charge on any atom is 0.279 e. The molecule has 1 aliphatic heterocycles. The van der Waals surface area contributed by atoms with E-state index in [2.05, 4.69) is 49.4 Å². The Bertz CT molecular complexity index is 1360. The third kappa shape index (κ3) is 4.56. The molecule has 4 rings (SSSR count). The van der Waals surface area contributed by atoms with Gasteiger partial charge in [0.1, 0.15) is 0 Å². The number of carbonyl (C=O) groups is 1. The Morgan fingerprint density at radius 3 is 2.30 bits per heavy atom. The zero-order chi connectivity index (χ0) is 23.9. The minimum atomic E-state index is -3.58. The SMILES string of the molecule is CCn1c(=NC(=O)c2ccc(S(=O)(=O)N3CC(C)CC(C)C3)cc2)sc2ccc(C)c(C)c21. The molecule has 0 aliphatic carbocycles. The number of hydrogen-bond acceptors (Lipinski definition) is 4. The molecule has 8 heteroatoms. The molecule has 6 nitrogen and oxygen atoms in total. The lowest BCUT2D eigenvalue weighted by Crippen LogP contribution is -2.42. The molecule has 2 atom stereocenters. The van der Waals surface area contributed by atoms with Crippen molar-refractivity contribution in [3.8, 4) is 0 Å². The van der Waals surface area contributed by atoms with E-state index >= 15 is 0 Å². The fourth-order valence-corrected chi connectivity index (χ4v) is 7.52. The fraction of sp³-hybridized carbons (Fsp3) is 0.440. The van der Waals surface area contributed by atoms with Crippen LogP contribution in [0.15, 0.2) is 46.3 Å². The van der Waals surface area contributed by atoms with Crippen LogP contribution in [0, 0.1) is 25.7 Å². The highest BCUT2D eigenvalue weighted by molar-refractivity contribution is 7.89. The Hall–Kier alpha value is -2.29. The number of thiazole rings is 1. The number of amides is 1. The number of sulfonamides is 1. The van der Waals surface area contributed by atoms with Crippen molar-refractivity contribution in [1.29, 1.82) is 0 Å². The highest BCUT2D eigenvalue weighted by Gasteiger charge is 2.31. The fourth-order valence-electron chi connectivity index (χ4n) is 4.69. The van der Waals surface area contributed by atoms with Crippen LogP contribution in [-0.2, 0) is 16.6 Å². The Labute approximate surface area is 199 Å². The summed E-state index contributed by atoms with van der Waals surface area (Å²) in [6.45, 7) is 12.1. The Morgan fingerprint density at radius 2 is 1.70 bits per heavy atom. The summed E-state index contributed by atoms with van der Waals surface area (Å²) in [4.78, 5) is 18.2. The quantitative estimate of drug-likeness (QED) is 0.536. The predicted octanol–water partition coefficient (Wildman–Crippen LogP) is 4.75. The number of rotatable bonds is 4. The molecule has 0 saturated carbocycles. The van der Waals surface area contributed by atoms with Crippen molar-refractivity contribution in [3.05, 3.63) is 57.9 Å². The maximum atomic E-state index is 13.1. The molecule has 1 aliphatic rings. The minimum absolute atomic E-state index is 0.219. The normalized spacial score (nSPS) is 20.5. The van der Waals surface area contributed by atoms with Crippen molar-refractivity contribution >= 4 is 37.5 Å². The second-order valence-electron chi connectivity index (χ2n) is 9.19. The molecule has 1 fully saturated rings. The lowest BCUT2D eigenvalue weighted by molar-refractivity contribution is 0.0997. The predicted molar refractivity (Wildman–Crippen MR) is 133 cm³/mol. The van der Waals surface area contributed by atoms with Gasteiger partial charge in [-0.3, -0.25) is 4.79 Å². The number of aryl methyl sites for hydroxylation is 3. The molecule has 1 amide bonds. The van der Waals surface area contributed by atoms with Gasteiger partial charge >= 0.3 is 0 Å². The van der Waals surface area contributed by atoms with E-state index in [4.69, 9.17) is 0 Å². The molecule has 0 radical (unpaired) electrons. The lowest BCUT2D eigenvalue weighted by Gasteiger charge is -2.34. The third-order valence-corrected chi connectivity index (χ3v) is 9.34. The van der Waals surface area contributed by atoms with Crippen LogP contribution in [-0.4, -0.2) is 36.3 Å². The number of nitrogens with zero attached hydrogens (tertiary/aromatic N) is 3. The zero-order valence-electron chi connectivity index (χ0n) is 19.8. The number of benzene rings is 2. The number of piperidine rings is 1. The molecule has 3 aromatic rings. The van der Waals surface area contributed by atoms with E-state index in [1.54, 1.807) is 16.4 Å². The first-order chi connectivity index (χ1) is 15.6. The molecule has 176 valence electrons. The van der Waals surface area contributed by atoms with Crippen LogP contribution in [0.4, 0.5) is 0 Å². The maximum absolute atomic E-state index is 13.1. The summed E-state index contributed by atoms with van der Waals surface area (Å²) in [7, 11) is -3.58. The molecule has 0 bridgehead atoms. The van der Waals surface area contributed by atoms with Gasteiger partial charge in [-0.05, 0) is 80.5 Å². The summed E-state index contributed by atoms with van der Waals surface area (Å²) >= 11 is 1.49. The van der Waals surface area contributed by atoms with Crippen molar-refractivity contribution in [2.75, 3.05) is 13.1 Å². The molecule has 33 heavy (non-hydrogen) atoms. The summed E-state index contributed by atoms with van der Waals surface area (Å²) in [5.74, 6) is 0.298. The van der Waals surface area contributed by atoms with E-state index in [0.717, 1.165) is 16.6 Å². The third-order valence-electron chi connectivity index (χ3n) is 6.45. The molecule has 0 N–H and O–H groups in total. The van der Waals surface area contributed by atoms with Crippen LogP contribution >= 0.6 is 11.3 Å². The standard InChI is InChI=1S/C25H31N3O3S2/c1-6-28-23-19(5)18(4)7-12-22(23)32-25(28)26-24(29)20-8-10-21(11-9-20)33(30,31)27-14-16(2)13-17(3)15-27/h7-12,16-17H,6,13-15H2,1-5H3. The zero-order valence-corrected chi connectivity index (χ0v) is 21.5. The van der Waals surface area contributed by atoms with E-state index < -0.39 is 10.0 Å². The van der Waals surface area contributed by atoms with Crippen molar-refractivity contribution in [3.63, 3.8) is 0 Å². The van der Waals surface area contributed by atoms with Crippen LogP contribution < -0.4 is 4.80 Å². The topological polar surface area (TPSA) is 71.7 Å².